The van der Waals surface area contributed by atoms with Crippen LogP contribution in [0.5, 0.6) is 0 Å². The van der Waals surface area contributed by atoms with Crippen LogP contribution in [0.2, 0.25) is 0 Å². The summed E-state index contributed by atoms with van der Waals surface area (Å²) in [7, 11) is 4.18. The molecule has 1 aliphatic rings. The van der Waals surface area contributed by atoms with Crippen LogP contribution in [0.1, 0.15) is 36.6 Å². The van der Waals surface area contributed by atoms with Gasteiger partial charge in [-0.15, -0.1) is 0 Å². The van der Waals surface area contributed by atoms with Crippen molar-refractivity contribution in [1.82, 2.24) is 4.90 Å². The van der Waals surface area contributed by atoms with Gasteiger partial charge in [-0.05, 0) is 28.8 Å². The Morgan fingerprint density at radius 2 is 1.83 bits per heavy atom. The summed E-state index contributed by atoms with van der Waals surface area (Å²) < 4.78 is 0. The molecule has 0 aromatic heterocycles. The van der Waals surface area contributed by atoms with E-state index in [2.05, 4.69) is 86.3 Å². The molecule has 0 bridgehead atoms. The summed E-state index contributed by atoms with van der Waals surface area (Å²) in [6.45, 7) is 7.30. The molecule has 3 heteroatoms. The number of hydrogen-bond donors (Lipinski definition) is 1. The van der Waals surface area contributed by atoms with Gasteiger partial charge in [0, 0.05) is 50.9 Å². The largest absolute Gasteiger partial charge is 0.378 e. The van der Waals surface area contributed by atoms with Crippen LogP contribution in [-0.2, 0) is 12.0 Å². The van der Waals surface area contributed by atoms with Crippen LogP contribution in [0, 0.1) is 0 Å². The summed E-state index contributed by atoms with van der Waals surface area (Å²) in [5.74, 6) is 0. The molecule has 1 aliphatic heterocycles. The minimum absolute atomic E-state index is 0.0983. The molecule has 3 rings (SSSR count). The number of nitrogens with two attached hydrogens (primary N) is 1. The highest BCUT2D eigenvalue weighted by atomic mass is 15.2. The second-order valence-electron chi connectivity index (χ2n) is 7.68. The lowest BCUT2D eigenvalue weighted by atomic mass is 9.84. The smallest absolute Gasteiger partial charge is 0.0478 e. The van der Waals surface area contributed by atoms with Crippen LogP contribution in [0.25, 0.3) is 0 Å². The average Bonchev–Trinajstić information content (AvgIpc) is 2.90. The predicted octanol–water partition coefficient (Wildman–Crippen LogP) is 3.55. The van der Waals surface area contributed by atoms with E-state index in [9.17, 15) is 0 Å². The maximum Gasteiger partial charge on any atom is 0.0478 e. The van der Waals surface area contributed by atoms with E-state index < -0.39 is 0 Å². The molecular weight excluding hydrogens is 294 g/mol. The Kier molecular flexibility index (Phi) is 4.66. The van der Waals surface area contributed by atoms with Gasteiger partial charge in [0.05, 0.1) is 0 Å². The van der Waals surface area contributed by atoms with E-state index in [4.69, 9.17) is 5.73 Å². The van der Waals surface area contributed by atoms with Crippen LogP contribution in [-0.4, -0.2) is 32.1 Å². The molecule has 1 atom stereocenters. The average molecular weight is 323 g/mol. The monoisotopic (exact) mass is 323 g/mol. The van der Waals surface area contributed by atoms with Crippen molar-refractivity contribution >= 4 is 5.69 Å². The Labute approximate surface area is 146 Å². The summed E-state index contributed by atoms with van der Waals surface area (Å²) >= 11 is 0. The van der Waals surface area contributed by atoms with Crippen molar-refractivity contribution in [3.8, 4) is 0 Å². The number of rotatable bonds is 5. The molecule has 0 fully saturated rings. The van der Waals surface area contributed by atoms with Gasteiger partial charge in [-0.25, -0.2) is 0 Å². The van der Waals surface area contributed by atoms with E-state index in [-0.39, 0.29) is 5.41 Å². The molecule has 3 nitrogen and oxygen atoms in total. The Morgan fingerprint density at radius 3 is 2.46 bits per heavy atom. The molecule has 0 aliphatic carbocycles. The zero-order valence-corrected chi connectivity index (χ0v) is 15.3. The SMILES string of the molecule is CN(C)c1ccc2c(c1)C(CN)N(CC(C)(C)c1ccccc1)C2. The van der Waals surface area contributed by atoms with Crippen molar-refractivity contribution in [3.63, 3.8) is 0 Å². The Hall–Kier alpha value is -1.84. The molecule has 2 N–H and O–H groups in total. The fraction of sp³-hybridized carbons (Fsp3) is 0.429. The van der Waals surface area contributed by atoms with Gasteiger partial charge in [0.2, 0.25) is 0 Å². The zero-order valence-electron chi connectivity index (χ0n) is 15.3. The highest BCUT2D eigenvalue weighted by molar-refractivity contribution is 5.52. The fourth-order valence-corrected chi connectivity index (χ4v) is 3.77. The molecule has 1 heterocycles. The Balaban J connectivity index is 1.85. The fourth-order valence-electron chi connectivity index (χ4n) is 3.77. The normalized spacial score (nSPS) is 17.8. The molecular formula is C21H29N3. The van der Waals surface area contributed by atoms with Crippen molar-refractivity contribution in [3.05, 3.63) is 65.2 Å². The van der Waals surface area contributed by atoms with Crippen molar-refractivity contribution in [2.24, 2.45) is 5.73 Å². The molecule has 2 aromatic carbocycles. The lowest BCUT2D eigenvalue weighted by molar-refractivity contribution is 0.179. The summed E-state index contributed by atoms with van der Waals surface area (Å²) in [5.41, 5.74) is 11.7. The van der Waals surface area contributed by atoms with Crippen LogP contribution >= 0.6 is 0 Å². The third-order valence-electron chi connectivity index (χ3n) is 5.20. The van der Waals surface area contributed by atoms with Gasteiger partial charge in [-0.3, -0.25) is 4.90 Å². The van der Waals surface area contributed by atoms with E-state index in [1.54, 1.807) is 0 Å². The zero-order chi connectivity index (χ0) is 17.3. The predicted molar refractivity (Wildman–Crippen MR) is 102 cm³/mol. The molecule has 128 valence electrons. The number of benzene rings is 2. The number of hydrogen-bond acceptors (Lipinski definition) is 3. The first-order valence-electron chi connectivity index (χ1n) is 8.72. The van der Waals surface area contributed by atoms with E-state index in [1.807, 2.05) is 0 Å². The van der Waals surface area contributed by atoms with Gasteiger partial charge in [0.15, 0.2) is 0 Å². The topological polar surface area (TPSA) is 32.5 Å². The van der Waals surface area contributed by atoms with Crippen molar-refractivity contribution in [2.75, 3.05) is 32.1 Å². The molecule has 24 heavy (non-hydrogen) atoms. The molecule has 0 saturated heterocycles. The van der Waals surface area contributed by atoms with Crippen molar-refractivity contribution in [2.45, 2.75) is 31.8 Å². The summed E-state index contributed by atoms with van der Waals surface area (Å²) in [4.78, 5) is 4.70. The third kappa shape index (κ3) is 3.19. The second-order valence-corrected chi connectivity index (χ2v) is 7.68. The first kappa shape index (κ1) is 17.0. The van der Waals surface area contributed by atoms with E-state index >= 15 is 0 Å². The summed E-state index contributed by atoms with van der Waals surface area (Å²) in [6.07, 6.45) is 0. The lowest BCUT2D eigenvalue weighted by Crippen LogP contribution is -2.38. The van der Waals surface area contributed by atoms with Gasteiger partial charge in [-0.1, -0.05) is 50.2 Å². The molecule has 0 amide bonds. The summed E-state index contributed by atoms with van der Waals surface area (Å²) in [6, 6.07) is 17.9. The van der Waals surface area contributed by atoms with Crippen molar-refractivity contribution in [1.29, 1.82) is 0 Å². The number of nitrogens with zero attached hydrogens (tertiary/aromatic N) is 2. The first-order chi connectivity index (χ1) is 11.4. The molecule has 0 radical (unpaired) electrons. The van der Waals surface area contributed by atoms with E-state index in [0.717, 1.165) is 13.1 Å². The van der Waals surface area contributed by atoms with Crippen molar-refractivity contribution < 1.29 is 0 Å². The third-order valence-corrected chi connectivity index (χ3v) is 5.20. The maximum absolute atomic E-state index is 6.17. The van der Waals surface area contributed by atoms with Crippen LogP contribution in [0.15, 0.2) is 48.5 Å². The minimum atomic E-state index is 0.0983. The maximum atomic E-state index is 6.17. The highest BCUT2D eigenvalue weighted by Crippen LogP contribution is 2.38. The van der Waals surface area contributed by atoms with E-state index in [1.165, 1.54) is 22.4 Å². The van der Waals surface area contributed by atoms with Crippen LogP contribution < -0.4 is 10.6 Å². The standard InChI is InChI=1S/C21H29N3/c1-21(2,17-8-6-5-7-9-17)15-24-14-16-10-11-18(23(3)4)12-19(16)20(24)13-22/h5-12,20H,13-15,22H2,1-4H3. The Morgan fingerprint density at radius 1 is 1.12 bits per heavy atom. The van der Waals surface area contributed by atoms with E-state index in [0.29, 0.717) is 12.6 Å². The van der Waals surface area contributed by atoms with Gasteiger partial charge in [0.25, 0.3) is 0 Å². The molecule has 1 unspecified atom stereocenters. The molecule has 0 saturated carbocycles. The number of fused-ring (bicyclic) bond motifs is 1. The van der Waals surface area contributed by atoms with Crippen LogP contribution in [0.4, 0.5) is 5.69 Å². The first-order valence-corrected chi connectivity index (χ1v) is 8.72. The number of anilines is 1. The quantitative estimate of drug-likeness (QED) is 0.913. The second kappa shape index (κ2) is 6.58. The highest BCUT2D eigenvalue weighted by Gasteiger charge is 2.34. The van der Waals surface area contributed by atoms with Gasteiger partial charge in [0.1, 0.15) is 0 Å². The molecule has 0 spiro atoms. The van der Waals surface area contributed by atoms with Gasteiger partial charge in [-0.2, -0.15) is 0 Å². The lowest BCUT2D eigenvalue weighted by Gasteiger charge is -2.34. The Bertz CT molecular complexity index is 691. The van der Waals surface area contributed by atoms with Crippen LogP contribution in [0.3, 0.4) is 0 Å². The van der Waals surface area contributed by atoms with Gasteiger partial charge >= 0.3 is 0 Å². The van der Waals surface area contributed by atoms with Gasteiger partial charge < -0.3 is 10.6 Å². The minimum Gasteiger partial charge on any atom is -0.378 e. The summed E-state index contributed by atoms with van der Waals surface area (Å²) in [5, 5.41) is 0. The molecule has 2 aromatic rings.